The van der Waals surface area contributed by atoms with Crippen molar-refractivity contribution < 1.29 is 4.74 Å². The van der Waals surface area contributed by atoms with E-state index in [1.807, 2.05) is 25.1 Å². The van der Waals surface area contributed by atoms with E-state index in [1.54, 1.807) is 6.08 Å². The molecule has 0 spiro atoms. The third-order valence-corrected chi connectivity index (χ3v) is 2.68. The Balaban J connectivity index is 2.87. The summed E-state index contributed by atoms with van der Waals surface area (Å²) >= 11 is 6.16. The van der Waals surface area contributed by atoms with Gasteiger partial charge in [-0.3, -0.25) is 0 Å². The van der Waals surface area contributed by atoms with Gasteiger partial charge in [-0.05, 0) is 13.0 Å². The molecule has 1 N–H and O–H groups in total. The Labute approximate surface area is 109 Å². The minimum absolute atomic E-state index is 0.0484. The van der Waals surface area contributed by atoms with Gasteiger partial charge in [0.15, 0.2) is 0 Å². The van der Waals surface area contributed by atoms with Crippen LogP contribution in [0.4, 0.5) is 0 Å². The van der Waals surface area contributed by atoms with Gasteiger partial charge in [-0.2, -0.15) is 0 Å². The zero-order valence-electron chi connectivity index (χ0n) is 10.7. The molecule has 0 radical (unpaired) electrons. The van der Waals surface area contributed by atoms with Crippen LogP contribution in [0.1, 0.15) is 26.3 Å². The van der Waals surface area contributed by atoms with Gasteiger partial charge in [0.25, 0.3) is 0 Å². The Morgan fingerprint density at radius 3 is 2.71 bits per heavy atom. The van der Waals surface area contributed by atoms with Crippen molar-refractivity contribution >= 4 is 11.6 Å². The van der Waals surface area contributed by atoms with Crippen LogP contribution in [-0.4, -0.2) is 12.1 Å². The molecule has 0 fully saturated rings. The largest absolute Gasteiger partial charge is 0.485 e. The second-order valence-electron chi connectivity index (χ2n) is 4.32. The molecule has 1 atom stereocenters. The van der Waals surface area contributed by atoms with Gasteiger partial charge in [-0.15, -0.1) is 0 Å². The molecule has 0 aliphatic carbocycles. The van der Waals surface area contributed by atoms with Crippen LogP contribution in [-0.2, 0) is 6.54 Å². The highest BCUT2D eigenvalue weighted by molar-refractivity contribution is 6.32. The molecule has 0 bridgehead atoms. The normalized spacial score (nSPS) is 12.5. The maximum absolute atomic E-state index is 6.16. The van der Waals surface area contributed by atoms with Crippen LogP contribution in [0, 0.1) is 0 Å². The maximum atomic E-state index is 6.16. The summed E-state index contributed by atoms with van der Waals surface area (Å²) in [6.45, 7) is 10.6. The minimum Gasteiger partial charge on any atom is -0.485 e. The van der Waals surface area contributed by atoms with Crippen molar-refractivity contribution in [2.45, 2.75) is 39.5 Å². The number of hydrogen-bond acceptors (Lipinski definition) is 2. The first kappa shape index (κ1) is 14.1. The van der Waals surface area contributed by atoms with Crippen LogP contribution in [0.3, 0.4) is 0 Å². The van der Waals surface area contributed by atoms with E-state index in [1.165, 1.54) is 0 Å². The van der Waals surface area contributed by atoms with E-state index in [-0.39, 0.29) is 6.10 Å². The van der Waals surface area contributed by atoms with Gasteiger partial charge in [-0.25, -0.2) is 0 Å². The average molecular weight is 254 g/mol. The Kier molecular flexibility index (Phi) is 5.52. The lowest BCUT2D eigenvalue weighted by molar-refractivity contribution is 0.267. The second kappa shape index (κ2) is 6.67. The lowest BCUT2D eigenvalue weighted by atomic mass is 10.2. The summed E-state index contributed by atoms with van der Waals surface area (Å²) in [6, 6.07) is 6.22. The van der Waals surface area contributed by atoms with Crippen molar-refractivity contribution in [3.63, 3.8) is 0 Å². The Morgan fingerprint density at radius 1 is 1.41 bits per heavy atom. The summed E-state index contributed by atoms with van der Waals surface area (Å²) in [4.78, 5) is 0. The van der Waals surface area contributed by atoms with E-state index in [4.69, 9.17) is 16.3 Å². The molecule has 1 aromatic rings. The highest BCUT2D eigenvalue weighted by Gasteiger charge is 2.10. The number of halogens is 1. The lowest BCUT2D eigenvalue weighted by Gasteiger charge is -2.17. The molecule has 94 valence electrons. The second-order valence-corrected chi connectivity index (χ2v) is 4.73. The summed E-state index contributed by atoms with van der Waals surface area (Å²) in [5.74, 6) is 0.745. The van der Waals surface area contributed by atoms with E-state index in [0.29, 0.717) is 11.1 Å². The molecular weight excluding hydrogens is 234 g/mol. The van der Waals surface area contributed by atoms with Crippen LogP contribution >= 0.6 is 11.6 Å². The smallest absolute Gasteiger partial charge is 0.143 e. The third-order valence-electron chi connectivity index (χ3n) is 2.38. The Hall–Kier alpha value is -0.990. The number of ether oxygens (including phenoxy) is 1. The molecule has 2 nitrogen and oxygen atoms in total. The molecule has 0 amide bonds. The van der Waals surface area contributed by atoms with Crippen LogP contribution in [0.2, 0.25) is 5.02 Å². The quantitative estimate of drug-likeness (QED) is 0.779. The number of para-hydroxylation sites is 1. The van der Waals surface area contributed by atoms with E-state index < -0.39 is 0 Å². The number of benzene rings is 1. The standard InChI is InChI=1S/C14H20ClNO/c1-5-11(4)17-14-12(9-16-10(2)3)7-6-8-13(14)15/h5-8,10-11,16H,1,9H2,2-4H3. The monoisotopic (exact) mass is 253 g/mol. The van der Waals surface area contributed by atoms with Crippen molar-refractivity contribution in [2.24, 2.45) is 0 Å². The fourth-order valence-corrected chi connectivity index (χ4v) is 1.61. The molecule has 0 saturated carbocycles. The molecular formula is C14H20ClNO. The van der Waals surface area contributed by atoms with Crippen molar-refractivity contribution in [1.29, 1.82) is 0 Å². The SMILES string of the molecule is C=CC(C)Oc1c(Cl)cccc1CNC(C)C. The van der Waals surface area contributed by atoms with Crippen LogP contribution in [0.15, 0.2) is 30.9 Å². The van der Waals surface area contributed by atoms with Crippen molar-refractivity contribution in [3.8, 4) is 5.75 Å². The third kappa shape index (κ3) is 4.41. The van der Waals surface area contributed by atoms with Gasteiger partial charge >= 0.3 is 0 Å². The molecule has 0 aromatic heterocycles. The number of rotatable bonds is 6. The van der Waals surface area contributed by atoms with E-state index >= 15 is 0 Å². The Bertz CT molecular complexity index is 376. The van der Waals surface area contributed by atoms with Gasteiger partial charge in [-0.1, -0.05) is 50.2 Å². The van der Waals surface area contributed by atoms with E-state index in [0.717, 1.165) is 17.9 Å². The molecule has 1 rings (SSSR count). The van der Waals surface area contributed by atoms with E-state index in [9.17, 15) is 0 Å². The fraction of sp³-hybridized carbons (Fsp3) is 0.429. The van der Waals surface area contributed by atoms with E-state index in [2.05, 4.69) is 25.7 Å². The highest BCUT2D eigenvalue weighted by atomic mass is 35.5. The molecule has 1 aromatic carbocycles. The summed E-state index contributed by atoms with van der Waals surface area (Å²) < 4.78 is 5.77. The van der Waals surface area contributed by atoms with Crippen molar-refractivity contribution in [3.05, 3.63) is 41.4 Å². The zero-order valence-corrected chi connectivity index (χ0v) is 11.4. The lowest BCUT2D eigenvalue weighted by Crippen LogP contribution is -2.22. The highest BCUT2D eigenvalue weighted by Crippen LogP contribution is 2.29. The molecule has 0 heterocycles. The predicted octanol–water partition coefficient (Wildman–Crippen LogP) is 3.79. The molecule has 0 aliphatic rings. The Morgan fingerprint density at radius 2 is 2.12 bits per heavy atom. The molecule has 17 heavy (non-hydrogen) atoms. The first-order chi connectivity index (χ1) is 8.04. The average Bonchev–Trinajstić information content (AvgIpc) is 2.29. The van der Waals surface area contributed by atoms with Gasteiger partial charge < -0.3 is 10.1 Å². The van der Waals surface area contributed by atoms with Crippen LogP contribution < -0.4 is 10.1 Å². The molecule has 0 saturated heterocycles. The fourth-order valence-electron chi connectivity index (χ4n) is 1.37. The summed E-state index contributed by atoms with van der Waals surface area (Å²) in [5, 5.41) is 4.00. The molecule has 0 aliphatic heterocycles. The molecule has 1 unspecified atom stereocenters. The topological polar surface area (TPSA) is 21.3 Å². The summed E-state index contributed by atoms with van der Waals surface area (Å²) in [5.41, 5.74) is 1.07. The van der Waals surface area contributed by atoms with Gasteiger partial charge in [0.05, 0.1) is 5.02 Å². The van der Waals surface area contributed by atoms with Gasteiger partial charge in [0.1, 0.15) is 11.9 Å². The summed E-state index contributed by atoms with van der Waals surface area (Å²) in [6.07, 6.45) is 1.70. The van der Waals surface area contributed by atoms with Gasteiger partial charge in [0, 0.05) is 18.2 Å². The maximum Gasteiger partial charge on any atom is 0.143 e. The van der Waals surface area contributed by atoms with Crippen molar-refractivity contribution in [1.82, 2.24) is 5.32 Å². The zero-order chi connectivity index (χ0) is 12.8. The first-order valence-corrected chi connectivity index (χ1v) is 6.22. The van der Waals surface area contributed by atoms with Crippen LogP contribution in [0.5, 0.6) is 5.75 Å². The first-order valence-electron chi connectivity index (χ1n) is 5.84. The van der Waals surface area contributed by atoms with Crippen LogP contribution in [0.25, 0.3) is 0 Å². The predicted molar refractivity (Wildman–Crippen MR) is 73.7 cm³/mol. The number of nitrogens with one attached hydrogen (secondary N) is 1. The van der Waals surface area contributed by atoms with Gasteiger partial charge in [0.2, 0.25) is 0 Å². The minimum atomic E-state index is -0.0484. The van der Waals surface area contributed by atoms with Crippen molar-refractivity contribution in [2.75, 3.05) is 0 Å². The summed E-state index contributed by atoms with van der Waals surface area (Å²) in [7, 11) is 0. The number of hydrogen-bond donors (Lipinski definition) is 1. The molecule has 3 heteroatoms.